The normalized spacial score (nSPS) is 17.0. The van der Waals surface area contributed by atoms with E-state index in [1.807, 2.05) is 23.1 Å². The molecule has 1 aliphatic heterocycles. The van der Waals surface area contributed by atoms with Crippen LogP contribution in [-0.2, 0) is 0 Å². The number of hydrogen-bond acceptors (Lipinski definition) is 4. The first-order chi connectivity index (χ1) is 12.2. The third-order valence-electron chi connectivity index (χ3n) is 4.49. The molecule has 2 aromatic carbocycles. The molecule has 1 atom stereocenters. The third kappa shape index (κ3) is 3.24. The van der Waals surface area contributed by atoms with Crippen LogP contribution >= 0.6 is 0 Å². The highest BCUT2D eigenvalue weighted by Gasteiger charge is 2.25. The van der Waals surface area contributed by atoms with E-state index in [1.165, 1.54) is 10.8 Å². The average Bonchev–Trinajstić information content (AvgIpc) is 3.09. The molecule has 126 valence electrons. The summed E-state index contributed by atoms with van der Waals surface area (Å²) in [6.07, 6.45) is 1.53. The predicted molar refractivity (Wildman–Crippen MR) is 96.8 cm³/mol. The molecule has 1 aliphatic rings. The van der Waals surface area contributed by atoms with Crippen molar-refractivity contribution >= 4 is 22.8 Å². The maximum absolute atomic E-state index is 10.8. The van der Waals surface area contributed by atoms with Crippen LogP contribution in [0.5, 0.6) is 0 Å². The Balaban J connectivity index is 1.59. The minimum absolute atomic E-state index is 0.0783. The lowest BCUT2D eigenvalue weighted by molar-refractivity contribution is 0.191. The second-order valence-corrected chi connectivity index (χ2v) is 6.18. The lowest BCUT2D eigenvalue weighted by atomic mass is 10.1. The Bertz CT molecular complexity index is 928. The number of amides is 1. The van der Waals surface area contributed by atoms with Gasteiger partial charge in [-0.15, -0.1) is 0 Å². The molecule has 4 rings (SSSR count). The van der Waals surface area contributed by atoms with Gasteiger partial charge in [0, 0.05) is 24.8 Å². The smallest absolute Gasteiger partial charge is 0.404 e. The van der Waals surface area contributed by atoms with Crippen LogP contribution in [0, 0.1) is 0 Å². The molecule has 1 aromatic heterocycles. The summed E-state index contributed by atoms with van der Waals surface area (Å²) < 4.78 is 0. The molecular formula is C19H18N4O2. The van der Waals surface area contributed by atoms with E-state index in [0.29, 0.717) is 12.5 Å². The quantitative estimate of drug-likeness (QED) is 0.769. The second kappa shape index (κ2) is 6.39. The maximum Gasteiger partial charge on any atom is 0.404 e. The van der Waals surface area contributed by atoms with Gasteiger partial charge in [0.25, 0.3) is 0 Å². The van der Waals surface area contributed by atoms with Gasteiger partial charge in [-0.05, 0) is 29.3 Å². The number of carbonyl (C=O) groups is 1. The minimum atomic E-state index is -0.988. The number of carboxylic acid groups (broad SMARTS) is 1. The number of benzene rings is 2. The fraction of sp³-hybridized carbons (Fsp3) is 0.211. The molecule has 0 radical (unpaired) electrons. The Morgan fingerprint density at radius 2 is 2.00 bits per heavy atom. The lowest BCUT2D eigenvalue weighted by Gasteiger charge is -2.17. The molecule has 1 unspecified atom stereocenters. The summed E-state index contributed by atoms with van der Waals surface area (Å²) in [6.45, 7) is 1.33. The molecular weight excluding hydrogens is 316 g/mol. The van der Waals surface area contributed by atoms with Gasteiger partial charge >= 0.3 is 6.09 Å². The van der Waals surface area contributed by atoms with Crippen molar-refractivity contribution in [2.45, 2.75) is 12.5 Å². The Hall–Kier alpha value is -3.15. The average molecular weight is 334 g/mol. The summed E-state index contributed by atoms with van der Waals surface area (Å²) in [6, 6.07) is 16.3. The zero-order valence-corrected chi connectivity index (χ0v) is 13.6. The molecule has 25 heavy (non-hydrogen) atoms. The van der Waals surface area contributed by atoms with Crippen LogP contribution in [0.2, 0.25) is 0 Å². The molecule has 6 heteroatoms. The van der Waals surface area contributed by atoms with Crippen molar-refractivity contribution in [1.29, 1.82) is 0 Å². The number of nitrogens with zero attached hydrogens (tertiary/aromatic N) is 3. The van der Waals surface area contributed by atoms with Gasteiger partial charge in [0.1, 0.15) is 0 Å². The second-order valence-electron chi connectivity index (χ2n) is 6.18. The molecule has 1 fully saturated rings. The zero-order valence-electron chi connectivity index (χ0n) is 13.6. The van der Waals surface area contributed by atoms with Crippen molar-refractivity contribution in [2.24, 2.45) is 0 Å². The summed E-state index contributed by atoms with van der Waals surface area (Å²) in [4.78, 5) is 21.9. The van der Waals surface area contributed by atoms with Crippen molar-refractivity contribution in [3.63, 3.8) is 0 Å². The van der Waals surface area contributed by atoms with Gasteiger partial charge in [0.2, 0.25) is 5.95 Å². The number of nitrogens with one attached hydrogen (secondary N) is 1. The van der Waals surface area contributed by atoms with Gasteiger partial charge in [-0.25, -0.2) is 14.8 Å². The Morgan fingerprint density at radius 1 is 1.16 bits per heavy atom. The first kappa shape index (κ1) is 15.4. The summed E-state index contributed by atoms with van der Waals surface area (Å²) in [5.74, 6) is 0.639. The van der Waals surface area contributed by atoms with Crippen LogP contribution < -0.4 is 10.2 Å². The van der Waals surface area contributed by atoms with Crippen molar-refractivity contribution in [3.8, 4) is 11.3 Å². The number of anilines is 1. The van der Waals surface area contributed by atoms with Gasteiger partial charge in [-0.1, -0.05) is 36.4 Å². The topological polar surface area (TPSA) is 78.4 Å². The van der Waals surface area contributed by atoms with Crippen molar-refractivity contribution < 1.29 is 9.90 Å². The van der Waals surface area contributed by atoms with Gasteiger partial charge in [0.05, 0.1) is 11.7 Å². The summed E-state index contributed by atoms with van der Waals surface area (Å²) >= 11 is 0. The van der Waals surface area contributed by atoms with Crippen molar-refractivity contribution in [1.82, 2.24) is 15.3 Å². The standard InChI is InChI=1S/C19H18N4O2/c24-19(25)21-16-8-10-23(12-16)18-20-9-7-17(22-18)15-6-5-13-3-1-2-4-14(13)11-15/h1-7,9,11,16,21H,8,10,12H2,(H,24,25). The molecule has 6 nitrogen and oxygen atoms in total. The molecule has 0 spiro atoms. The fourth-order valence-corrected chi connectivity index (χ4v) is 3.24. The van der Waals surface area contributed by atoms with Crippen LogP contribution in [0.1, 0.15) is 6.42 Å². The first-order valence-corrected chi connectivity index (χ1v) is 8.26. The van der Waals surface area contributed by atoms with E-state index < -0.39 is 6.09 Å². The highest BCUT2D eigenvalue weighted by atomic mass is 16.4. The van der Waals surface area contributed by atoms with Gasteiger partial charge < -0.3 is 15.3 Å². The summed E-state index contributed by atoms with van der Waals surface area (Å²) in [5.41, 5.74) is 1.91. The van der Waals surface area contributed by atoms with Gasteiger partial charge in [0.15, 0.2) is 0 Å². The SMILES string of the molecule is O=C(O)NC1CCN(c2nccc(-c3ccc4ccccc4c3)n2)C1. The highest BCUT2D eigenvalue weighted by molar-refractivity contribution is 5.86. The monoisotopic (exact) mass is 334 g/mol. The fourth-order valence-electron chi connectivity index (χ4n) is 3.24. The van der Waals surface area contributed by atoms with Crippen LogP contribution in [0.4, 0.5) is 10.7 Å². The van der Waals surface area contributed by atoms with Crippen LogP contribution in [0.3, 0.4) is 0 Å². The van der Waals surface area contributed by atoms with E-state index in [2.05, 4.69) is 45.6 Å². The van der Waals surface area contributed by atoms with Gasteiger partial charge in [-0.3, -0.25) is 0 Å². The predicted octanol–water partition coefficient (Wildman–Crippen LogP) is 3.14. The summed E-state index contributed by atoms with van der Waals surface area (Å²) in [5, 5.41) is 13.7. The molecule has 3 aromatic rings. The molecule has 1 amide bonds. The van der Waals surface area contributed by atoms with E-state index in [-0.39, 0.29) is 6.04 Å². The Morgan fingerprint density at radius 3 is 2.84 bits per heavy atom. The van der Waals surface area contributed by atoms with Crippen LogP contribution in [0.15, 0.2) is 54.7 Å². The molecule has 2 N–H and O–H groups in total. The molecule has 0 aliphatic carbocycles. The van der Waals surface area contributed by atoms with E-state index in [9.17, 15) is 4.79 Å². The molecule has 0 saturated carbocycles. The maximum atomic E-state index is 10.8. The Kier molecular flexibility index (Phi) is 3.93. The number of hydrogen-bond donors (Lipinski definition) is 2. The number of fused-ring (bicyclic) bond motifs is 1. The van der Waals surface area contributed by atoms with E-state index in [4.69, 9.17) is 5.11 Å². The largest absolute Gasteiger partial charge is 0.465 e. The lowest BCUT2D eigenvalue weighted by Crippen LogP contribution is -2.36. The number of rotatable bonds is 3. The first-order valence-electron chi connectivity index (χ1n) is 8.26. The minimum Gasteiger partial charge on any atom is -0.465 e. The molecule has 1 saturated heterocycles. The summed E-state index contributed by atoms with van der Waals surface area (Å²) in [7, 11) is 0. The van der Waals surface area contributed by atoms with E-state index in [1.54, 1.807) is 6.20 Å². The van der Waals surface area contributed by atoms with Crippen LogP contribution in [0.25, 0.3) is 22.0 Å². The Labute approximate surface area is 145 Å². The van der Waals surface area contributed by atoms with Crippen LogP contribution in [-0.4, -0.2) is 40.3 Å². The van der Waals surface area contributed by atoms with E-state index in [0.717, 1.165) is 24.2 Å². The van der Waals surface area contributed by atoms with Crippen molar-refractivity contribution in [3.05, 3.63) is 54.7 Å². The van der Waals surface area contributed by atoms with Gasteiger partial charge in [-0.2, -0.15) is 0 Å². The third-order valence-corrected chi connectivity index (χ3v) is 4.49. The highest BCUT2D eigenvalue weighted by Crippen LogP contribution is 2.25. The number of aromatic nitrogens is 2. The zero-order chi connectivity index (χ0) is 17.2. The van der Waals surface area contributed by atoms with Crippen molar-refractivity contribution in [2.75, 3.05) is 18.0 Å². The van der Waals surface area contributed by atoms with E-state index >= 15 is 0 Å². The molecule has 0 bridgehead atoms. The molecule has 2 heterocycles.